The van der Waals surface area contributed by atoms with Gasteiger partial charge in [-0.3, -0.25) is 14.4 Å². The first kappa shape index (κ1) is 12.4. The third-order valence-electron chi connectivity index (χ3n) is 2.17. The zero-order valence-electron chi connectivity index (χ0n) is 8.59. The van der Waals surface area contributed by atoms with E-state index in [-0.39, 0.29) is 0 Å². The van der Waals surface area contributed by atoms with E-state index in [2.05, 4.69) is 0 Å². The summed E-state index contributed by atoms with van der Waals surface area (Å²) in [4.78, 5) is 33.4. The monoisotopic (exact) mass is 231 g/mol. The molecular formula is C9H13NO6. The highest BCUT2D eigenvalue weighted by Crippen LogP contribution is 2.14. The van der Waals surface area contributed by atoms with Crippen molar-refractivity contribution in [3.8, 4) is 0 Å². The molecule has 1 aliphatic rings. The van der Waals surface area contributed by atoms with E-state index in [0.29, 0.717) is 13.0 Å². The number of carbonyl (C=O) groups excluding carboxylic acids is 1. The van der Waals surface area contributed by atoms with E-state index in [1.54, 1.807) is 0 Å². The highest BCUT2D eigenvalue weighted by atomic mass is 16.5. The molecular weight excluding hydrogens is 218 g/mol. The van der Waals surface area contributed by atoms with Crippen LogP contribution in [-0.4, -0.2) is 58.8 Å². The molecule has 1 atom stereocenters. The fourth-order valence-electron chi connectivity index (χ4n) is 1.51. The van der Waals surface area contributed by atoms with Gasteiger partial charge in [0.15, 0.2) is 0 Å². The van der Waals surface area contributed by atoms with Crippen LogP contribution >= 0.6 is 0 Å². The van der Waals surface area contributed by atoms with Gasteiger partial charge in [0, 0.05) is 6.61 Å². The van der Waals surface area contributed by atoms with Crippen molar-refractivity contribution in [2.45, 2.75) is 18.9 Å². The van der Waals surface area contributed by atoms with Gasteiger partial charge in [0.25, 0.3) is 5.91 Å². The number of rotatable bonds is 5. The van der Waals surface area contributed by atoms with Crippen molar-refractivity contribution < 1.29 is 29.3 Å². The Hall–Kier alpha value is -1.63. The van der Waals surface area contributed by atoms with E-state index in [1.165, 1.54) is 0 Å². The molecule has 0 aromatic heterocycles. The zero-order chi connectivity index (χ0) is 12.1. The van der Waals surface area contributed by atoms with Gasteiger partial charge in [-0.25, -0.2) is 0 Å². The molecule has 1 rings (SSSR count). The summed E-state index contributed by atoms with van der Waals surface area (Å²) < 4.78 is 5.08. The summed E-state index contributed by atoms with van der Waals surface area (Å²) in [5, 5.41) is 17.1. The van der Waals surface area contributed by atoms with Crippen LogP contribution in [0.3, 0.4) is 0 Å². The Morgan fingerprint density at radius 1 is 1.19 bits per heavy atom. The van der Waals surface area contributed by atoms with E-state index in [4.69, 9.17) is 14.9 Å². The van der Waals surface area contributed by atoms with Crippen LogP contribution in [0.25, 0.3) is 0 Å². The lowest BCUT2D eigenvalue weighted by atomic mass is 10.2. The molecule has 1 aliphatic heterocycles. The van der Waals surface area contributed by atoms with Gasteiger partial charge in [-0.1, -0.05) is 0 Å². The van der Waals surface area contributed by atoms with Gasteiger partial charge in [-0.2, -0.15) is 0 Å². The predicted octanol–water partition coefficient (Wildman–Crippen LogP) is -0.837. The van der Waals surface area contributed by atoms with Gasteiger partial charge in [0.1, 0.15) is 19.2 Å². The molecule has 1 heterocycles. The number of hydrogen-bond donors (Lipinski definition) is 2. The van der Waals surface area contributed by atoms with Crippen molar-refractivity contribution in [3.63, 3.8) is 0 Å². The van der Waals surface area contributed by atoms with Gasteiger partial charge in [-0.05, 0) is 12.8 Å². The highest BCUT2D eigenvalue weighted by molar-refractivity contribution is 5.87. The van der Waals surface area contributed by atoms with Crippen molar-refractivity contribution in [2.75, 3.05) is 19.7 Å². The van der Waals surface area contributed by atoms with E-state index in [0.717, 1.165) is 11.3 Å². The average Bonchev–Trinajstić information content (AvgIpc) is 2.66. The molecule has 7 nitrogen and oxygen atoms in total. The zero-order valence-corrected chi connectivity index (χ0v) is 8.59. The molecule has 0 aromatic rings. The summed E-state index contributed by atoms with van der Waals surface area (Å²) >= 11 is 0. The Labute approximate surface area is 91.6 Å². The van der Waals surface area contributed by atoms with Crippen molar-refractivity contribution >= 4 is 17.8 Å². The minimum absolute atomic E-state index is 0.449. The molecule has 0 spiro atoms. The Kier molecular flexibility index (Phi) is 4.24. The number of nitrogens with zero attached hydrogens (tertiary/aromatic N) is 1. The molecule has 1 fully saturated rings. The summed E-state index contributed by atoms with van der Waals surface area (Å²) in [6.45, 7) is -0.791. The van der Waals surface area contributed by atoms with Gasteiger partial charge >= 0.3 is 11.9 Å². The first-order valence-electron chi connectivity index (χ1n) is 4.84. The number of aliphatic carboxylic acids is 2. The molecule has 90 valence electrons. The molecule has 0 radical (unpaired) electrons. The topological polar surface area (TPSA) is 104 Å². The quantitative estimate of drug-likeness (QED) is 0.639. The highest BCUT2D eigenvalue weighted by Gasteiger charge is 2.30. The maximum Gasteiger partial charge on any atom is 0.323 e. The molecule has 1 amide bonds. The van der Waals surface area contributed by atoms with Crippen LogP contribution in [0.1, 0.15) is 12.8 Å². The maximum atomic E-state index is 11.7. The lowest BCUT2D eigenvalue weighted by molar-refractivity contribution is -0.153. The first-order valence-corrected chi connectivity index (χ1v) is 4.84. The second-order valence-electron chi connectivity index (χ2n) is 3.48. The fraction of sp³-hybridized carbons (Fsp3) is 0.667. The third-order valence-corrected chi connectivity index (χ3v) is 2.17. The summed E-state index contributed by atoms with van der Waals surface area (Å²) in [5.74, 6) is -3.05. The Balaban J connectivity index is 2.62. The van der Waals surface area contributed by atoms with Crippen LogP contribution in [0, 0.1) is 0 Å². The minimum atomic E-state index is -1.24. The standard InChI is InChI=1S/C9H13NO6/c11-7(12)4-10(5-8(13)14)9(15)6-2-1-3-16-6/h6H,1-5H2,(H,11,12)(H,13,14). The Morgan fingerprint density at radius 2 is 1.75 bits per heavy atom. The molecule has 16 heavy (non-hydrogen) atoms. The fourth-order valence-corrected chi connectivity index (χ4v) is 1.51. The minimum Gasteiger partial charge on any atom is -0.480 e. The SMILES string of the molecule is O=C(O)CN(CC(=O)O)C(=O)C1CCCO1. The van der Waals surface area contributed by atoms with E-state index in [1.807, 2.05) is 0 Å². The van der Waals surface area contributed by atoms with Gasteiger partial charge < -0.3 is 19.8 Å². The van der Waals surface area contributed by atoms with Crippen molar-refractivity contribution in [1.29, 1.82) is 0 Å². The van der Waals surface area contributed by atoms with E-state index >= 15 is 0 Å². The van der Waals surface area contributed by atoms with Gasteiger partial charge in [0.05, 0.1) is 0 Å². The second-order valence-corrected chi connectivity index (χ2v) is 3.48. The summed E-state index contributed by atoms with van der Waals surface area (Å²) in [7, 11) is 0. The van der Waals surface area contributed by atoms with Crippen molar-refractivity contribution in [2.24, 2.45) is 0 Å². The lowest BCUT2D eigenvalue weighted by Crippen LogP contribution is -2.44. The largest absolute Gasteiger partial charge is 0.480 e. The number of carboxylic acids is 2. The van der Waals surface area contributed by atoms with Crippen LogP contribution in [0.2, 0.25) is 0 Å². The van der Waals surface area contributed by atoms with E-state index < -0.39 is 37.0 Å². The van der Waals surface area contributed by atoms with Crippen LogP contribution in [0.4, 0.5) is 0 Å². The molecule has 1 unspecified atom stereocenters. The Bertz CT molecular complexity index is 280. The molecule has 0 bridgehead atoms. The van der Waals surface area contributed by atoms with Crippen LogP contribution < -0.4 is 0 Å². The molecule has 0 aromatic carbocycles. The molecule has 1 saturated heterocycles. The predicted molar refractivity (Wildman–Crippen MR) is 50.8 cm³/mol. The second kappa shape index (κ2) is 5.45. The molecule has 0 aliphatic carbocycles. The normalized spacial score (nSPS) is 19.4. The third kappa shape index (κ3) is 3.50. The first-order chi connectivity index (χ1) is 7.50. The van der Waals surface area contributed by atoms with Gasteiger partial charge in [-0.15, -0.1) is 0 Å². The van der Waals surface area contributed by atoms with Crippen molar-refractivity contribution in [1.82, 2.24) is 4.90 Å². The lowest BCUT2D eigenvalue weighted by Gasteiger charge is -2.21. The van der Waals surface area contributed by atoms with Gasteiger partial charge in [0.2, 0.25) is 0 Å². The molecule has 7 heteroatoms. The number of carboxylic acid groups (broad SMARTS) is 2. The van der Waals surface area contributed by atoms with Crippen LogP contribution in [0.15, 0.2) is 0 Å². The smallest absolute Gasteiger partial charge is 0.323 e. The number of hydrogen-bond acceptors (Lipinski definition) is 4. The summed E-state index contributed by atoms with van der Waals surface area (Å²) in [6, 6.07) is 0. The number of carbonyl (C=O) groups is 3. The molecule has 2 N–H and O–H groups in total. The number of ether oxygens (including phenoxy) is 1. The molecule has 0 saturated carbocycles. The maximum absolute atomic E-state index is 11.7. The summed E-state index contributed by atoms with van der Waals surface area (Å²) in [5.41, 5.74) is 0. The van der Waals surface area contributed by atoms with Crippen LogP contribution in [-0.2, 0) is 19.1 Å². The Morgan fingerprint density at radius 3 is 2.12 bits per heavy atom. The summed E-state index contributed by atoms with van der Waals surface area (Å²) in [6.07, 6.45) is 0.539. The van der Waals surface area contributed by atoms with Crippen molar-refractivity contribution in [3.05, 3.63) is 0 Å². The van der Waals surface area contributed by atoms with Crippen LogP contribution in [0.5, 0.6) is 0 Å². The van der Waals surface area contributed by atoms with E-state index in [9.17, 15) is 14.4 Å². The number of amides is 1. The average molecular weight is 231 g/mol.